The molecule has 0 spiro atoms. The van der Waals surface area contributed by atoms with Crippen LogP contribution in [0.5, 0.6) is 0 Å². The molecule has 0 atom stereocenters. The summed E-state index contributed by atoms with van der Waals surface area (Å²) in [7, 11) is 0. The summed E-state index contributed by atoms with van der Waals surface area (Å²) in [6, 6.07) is 6.23. The molecule has 1 saturated heterocycles. The summed E-state index contributed by atoms with van der Waals surface area (Å²) in [5, 5.41) is 2.65. The van der Waals surface area contributed by atoms with Crippen LogP contribution >= 0.6 is 0 Å². The fourth-order valence-corrected chi connectivity index (χ4v) is 2.72. The van der Waals surface area contributed by atoms with Crippen LogP contribution in [0.3, 0.4) is 0 Å². The lowest BCUT2D eigenvalue weighted by atomic mass is 10.1. The van der Waals surface area contributed by atoms with Crippen LogP contribution in [0.15, 0.2) is 43.1 Å². The van der Waals surface area contributed by atoms with E-state index in [1.165, 1.54) is 6.08 Å². The zero-order chi connectivity index (χ0) is 18.5. The van der Waals surface area contributed by atoms with Crippen molar-refractivity contribution < 1.29 is 18.3 Å². The first-order valence-electron chi connectivity index (χ1n) is 8.26. The number of hydrogen-bond donors (Lipinski definition) is 1. The number of morpholine rings is 1. The van der Waals surface area contributed by atoms with Crippen LogP contribution in [-0.4, -0.2) is 37.2 Å². The smallest absolute Gasteiger partial charge is 0.243 e. The van der Waals surface area contributed by atoms with Crippen molar-refractivity contribution in [2.45, 2.75) is 6.54 Å². The van der Waals surface area contributed by atoms with Gasteiger partial charge in [0.05, 0.1) is 24.6 Å². The van der Waals surface area contributed by atoms with Crippen LogP contribution in [0.25, 0.3) is 11.3 Å². The Balaban J connectivity index is 1.83. The van der Waals surface area contributed by atoms with Gasteiger partial charge in [-0.05, 0) is 29.8 Å². The van der Waals surface area contributed by atoms with Gasteiger partial charge in [-0.3, -0.25) is 9.78 Å². The second-order valence-corrected chi connectivity index (χ2v) is 5.86. The summed E-state index contributed by atoms with van der Waals surface area (Å²) in [6.07, 6.45) is 2.78. The Morgan fingerprint density at radius 2 is 2.08 bits per heavy atom. The molecule has 1 aromatic carbocycles. The van der Waals surface area contributed by atoms with Crippen molar-refractivity contribution >= 4 is 11.6 Å². The number of ether oxygens (including phenoxy) is 1. The normalized spacial score (nSPS) is 14.2. The van der Waals surface area contributed by atoms with Gasteiger partial charge in [-0.1, -0.05) is 12.6 Å². The summed E-state index contributed by atoms with van der Waals surface area (Å²) in [5.41, 5.74) is 2.02. The molecule has 2 heterocycles. The number of amides is 1. The predicted octanol–water partition coefficient (Wildman–Crippen LogP) is 2.67. The average molecular weight is 359 g/mol. The molecule has 0 unspecified atom stereocenters. The van der Waals surface area contributed by atoms with E-state index in [2.05, 4.69) is 16.9 Å². The molecule has 1 aromatic heterocycles. The van der Waals surface area contributed by atoms with Gasteiger partial charge >= 0.3 is 0 Å². The molecule has 1 aliphatic heterocycles. The van der Waals surface area contributed by atoms with Crippen molar-refractivity contribution in [3.8, 4) is 11.3 Å². The largest absolute Gasteiger partial charge is 0.378 e. The summed E-state index contributed by atoms with van der Waals surface area (Å²) in [4.78, 5) is 17.3. The van der Waals surface area contributed by atoms with E-state index in [4.69, 9.17) is 4.74 Å². The first kappa shape index (κ1) is 18.0. The topological polar surface area (TPSA) is 54.5 Å². The van der Waals surface area contributed by atoms with Gasteiger partial charge in [0.25, 0.3) is 0 Å². The van der Waals surface area contributed by atoms with Crippen molar-refractivity contribution in [1.82, 2.24) is 10.3 Å². The first-order chi connectivity index (χ1) is 12.6. The molecule has 1 amide bonds. The van der Waals surface area contributed by atoms with E-state index >= 15 is 0 Å². The molecule has 3 rings (SSSR count). The Morgan fingerprint density at radius 1 is 1.31 bits per heavy atom. The molecule has 2 aromatic rings. The fraction of sp³-hybridized carbons (Fsp3) is 0.263. The third-order valence-electron chi connectivity index (χ3n) is 4.13. The summed E-state index contributed by atoms with van der Waals surface area (Å²) in [5.74, 6) is -2.04. The van der Waals surface area contributed by atoms with E-state index in [9.17, 15) is 13.6 Å². The van der Waals surface area contributed by atoms with Crippen LogP contribution in [0.2, 0.25) is 0 Å². The van der Waals surface area contributed by atoms with Crippen molar-refractivity contribution in [2.75, 3.05) is 31.2 Å². The minimum absolute atomic E-state index is 0.215. The lowest BCUT2D eigenvalue weighted by Crippen LogP contribution is -2.36. The number of pyridine rings is 1. The molecular formula is C19H19F2N3O2. The van der Waals surface area contributed by atoms with Gasteiger partial charge in [0.2, 0.25) is 5.91 Å². The molecular weight excluding hydrogens is 340 g/mol. The zero-order valence-electron chi connectivity index (χ0n) is 14.2. The van der Waals surface area contributed by atoms with Crippen LogP contribution in [0.4, 0.5) is 14.5 Å². The molecule has 0 bridgehead atoms. The number of nitrogens with zero attached hydrogens (tertiary/aromatic N) is 2. The van der Waals surface area contributed by atoms with Crippen molar-refractivity contribution in [3.63, 3.8) is 0 Å². The second kappa shape index (κ2) is 8.05. The number of anilines is 1. The maximum Gasteiger partial charge on any atom is 0.243 e. The van der Waals surface area contributed by atoms with E-state index in [0.717, 1.165) is 11.6 Å². The lowest BCUT2D eigenvalue weighted by molar-refractivity contribution is -0.116. The first-order valence-corrected chi connectivity index (χ1v) is 8.26. The van der Waals surface area contributed by atoms with Crippen LogP contribution < -0.4 is 10.2 Å². The van der Waals surface area contributed by atoms with Crippen LogP contribution in [0, 0.1) is 11.6 Å². The fourth-order valence-electron chi connectivity index (χ4n) is 2.72. The minimum atomic E-state index is -0.909. The van der Waals surface area contributed by atoms with Gasteiger partial charge in [-0.15, -0.1) is 0 Å². The second-order valence-electron chi connectivity index (χ2n) is 5.86. The predicted molar refractivity (Wildman–Crippen MR) is 94.7 cm³/mol. The summed E-state index contributed by atoms with van der Waals surface area (Å²) >= 11 is 0. The molecule has 1 aliphatic rings. The monoisotopic (exact) mass is 359 g/mol. The Kier molecular flexibility index (Phi) is 5.58. The SMILES string of the molecule is C=CC(=O)NCc1ccc(-c2cc(F)c(F)c(N3CCOCC3)c2)nc1. The Labute approximate surface area is 150 Å². The highest BCUT2D eigenvalue weighted by atomic mass is 19.2. The van der Waals surface area contributed by atoms with Crippen molar-refractivity contribution in [3.05, 3.63) is 60.3 Å². The lowest BCUT2D eigenvalue weighted by Gasteiger charge is -2.29. The molecule has 136 valence electrons. The van der Waals surface area contributed by atoms with E-state index in [-0.39, 0.29) is 11.6 Å². The number of aromatic nitrogens is 1. The van der Waals surface area contributed by atoms with Crippen LogP contribution in [-0.2, 0) is 16.1 Å². The number of carbonyl (C=O) groups excluding carboxylic acids is 1. The molecule has 1 N–H and O–H groups in total. The highest BCUT2D eigenvalue weighted by Crippen LogP contribution is 2.29. The van der Waals surface area contributed by atoms with Gasteiger partial charge in [0.15, 0.2) is 11.6 Å². The number of carbonyl (C=O) groups is 1. The average Bonchev–Trinajstić information content (AvgIpc) is 2.69. The molecule has 26 heavy (non-hydrogen) atoms. The number of rotatable bonds is 5. The number of hydrogen-bond acceptors (Lipinski definition) is 4. The third-order valence-corrected chi connectivity index (χ3v) is 4.13. The quantitative estimate of drug-likeness (QED) is 0.834. The third kappa shape index (κ3) is 4.05. The van der Waals surface area contributed by atoms with E-state index < -0.39 is 11.6 Å². The number of nitrogens with one attached hydrogen (secondary N) is 1. The van der Waals surface area contributed by atoms with E-state index in [0.29, 0.717) is 44.1 Å². The molecule has 0 aliphatic carbocycles. The minimum Gasteiger partial charge on any atom is -0.378 e. The number of halogens is 2. The zero-order valence-corrected chi connectivity index (χ0v) is 14.2. The Bertz CT molecular complexity index is 803. The Hall–Kier alpha value is -2.80. The van der Waals surface area contributed by atoms with Gasteiger partial charge < -0.3 is 15.0 Å². The molecule has 1 fully saturated rings. The maximum atomic E-state index is 14.2. The van der Waals surface area contributed by atoms with Gasteiger partial charge in [0, 0.05) is 31.4 Å². The van der Waals surface area contributed by atoms with E-state index in [1.54, 1.807) is 29.3 Å². The van der Waals surface area contributed by atoms with Crippen molar-refractivity contribution in [2.24, 2.45) is 0 Å². The van der Waals surface area contributed by atoms with Gasteiger partial charge in [-0.25, -0.2) is 8.78 Å². The van der Waals surface area contributed by atoms with Crippen molar-refractivity contribution in [1.29, 1.82) is 0 Å². The molecule has 7 heteroatoms. The number of benzene rings is 1. The van der Waals surface area contributed by atoms with Crippen LogP contribution in [0.1, 0.15) is 5.56 Å². The van der Waals surface area contributed by atoms with Gasteiger partial charge in [0.1, 0.15) is 0 Å². The summed E-state index contributed by atoms with van der Waals surface area (Å²) < 4.78 is 33.6. The molecule has 0 saturated carbocycles. The highest BCUT2D eigenvalue weighted by Gasteiger charge is 2.19. The highest BCUT2D eigenvalue weighted by molar-refractivity contribution is 5.86. The van der Waals surface area contributed by atoms with Gasteiger partial charge in [-0.2, -0.15) is 0 Å². The maximum absolute atomic E-state index is 14.2. The molecule has 5 nitrogen and oxygen atoms in total. The Morgan fingerprint density at radius 3 is 2.73 bits per heavy atom. The standard InChI is InChI=1S/C19H19F2N3O2/c1-2-18(25)23-12-13-3-4-16(22-11-13)14-9-15(20)19(21)17(10-14)24-5-7-26-8-6-24/h2-4,9-11H,1,5-8,12H2,(H,23,25). The summed E-state index contributed by atoms with van der Waals surface area (Å²) in [6.45, 7) is 5.68. The van der Waals surface area contributed by atoms with E-state index in [1.807, 2.05) is 0 Å². The molecule has 0 radical (unpaired) electrons.